The number of carbonyl (C=O) groups is 2. The molecule has 1 saturated heterocycles. The summed E-state index contributed by atoms with van der Waals surface area (Å²) in [4.78, 5) is 34.1. The normalized spacial score (nSPS) is 22.0. The molecule has 2 fully saturated rings. The fourth-order valence-electron chi connectivity index (χ4n) is 5.89. The van der Waals surface area contributed by atoms with Crippen LogP contribution in [-0.4, -0.2) is 75.2 Å². The van der Waals surface area contributed by atoms with Crippen LogP contribution < -0.4 is 5.32 Å². The number of nitrogens with zero attached hydrogens (tertiary/aromatic N) is 4. The Bertz CT molecular complexity index is 1210. The minimum Gasteiger partial charge on any atom is -0.465 e. The number of rotatable bonds is 6. The number of benzene rings is 2. The molecule has 37 heavy (non-hydrogen) atoms. The van der Waals surface area contributed by atoms with E-state index in [0.717, 1.165) is 56.5 Å². The van der Waals surface area contributed by atoms with Gasteiger partial charge >= 0.3 is 6.09 Å². The Morgan fingerprint density at radius 3 is 2.49 bits per heavy atom. The summed E-state index contributed by atoms with van der Waals surface area (Å²) in [6.07, 6.45) is 5.23. The zero-order valence-corrected chi connectivity index (χ0v) is 21.3. The molecule has 2 amide bonds. The van der Waals surface area contributed by atoms with E-state index in [9.17, 15) is 14.7 Å². The zero-order chi connectivity index (χ0) is 25.8. The molecule has 8 nitrogen and oxygen atoms in total. The molecule has 8 heteroatoms. The SMILES string of the molecule is CN(C(=O)O)[C@H]1CCCC[C@@H]1n1cnc(C(=O)N2CCNC[C@H]2Cc2ccccc2)c1-c1ccccc1. The van der Waals surface area contributed by atoms with E-state index in [1.807, 2.05) is 53.4 Å². The van der Waals surface area contributed by atoms with Crippen molar-refractivity contribution in [2.75, 3.05) is 26.7 Å². The van der Waals surface area contributed by atoms with Gasteiger partial charge in [0.15, 0.2) is 5.69 Å². The van der Waals surface area contributed by atoms with Crippen molar-refractivity contribution < 1.29 is 14.7 Å². The highest BCUT2D eigenvalue weighted by Crippen LogP contribution is 2.37. The lowest BCUT2D eigenvalue weighted by Crippen LogP contribution is -2.54. The molecule has 2 heterocycles. The number of imidazole rings is 1. The van der Waals surface area contributed by atoms with Crippen molar-refractivity contribution in [3.8, 4) is 11.3 Å². The van der Waals surface area contributed by atoms with Gasteiger partial charge in [0.25, 0.3) is 5.91 Å². The Labute approximate surface area is 217 Å². The first kappa shape index (κ1) is 25.0. The largest absolute Gasteiger partial charge is 0.465 e. The molecule has 5 rings (SSSR count). The lowest BCUT2D eigenvalue weighted by molar-refractivity contribution is 0.0630. The summed E-state index contributed by atoms with van der Waals surface area (Å²) in [7, 11) is 1.64. The van der Waals surface area contributed by atoms with Gasteiger partial charge < -0.3 is 24.8 Å². The fourth-order valence-corrected chi connectivity index (χ4v) is 5.89. The van der Waals surface area contributed by atoms with Gasteiger partial charge in [-0.15, -0.1) is 0 Å². The van der Waals surface area contributed by atoms with Crippen molar-refractivity contribution in [1.82, 2.24) is 24.7 Å². The van der Waals surface area contributed by atoms with Crippen LogP contribution in [0.4, 0.5) is 4.79 Å². The number of aromatic nitrogens is 2. The predicted molar refractivity (Wildman–Crippen MR) is 143 cm³/mol. The molecule has 3 atom stereocenters. The van der Waals surface area contributed by atoms with Crippen LogP contribution in [0.2, 0.25) is 0 Å². The number of piperazine rings is 1. The Morgan fingerprint density at radius 1 is 1.05 bits per heavy atom. The molecule has 2 aliphatic rings. The highest BCUT2D eigenvalue weighted by Gasteiger charge is 2.36. The molecule has 0 spiro atoms. The molecule has 2 aromatic carbocycles. The van der Waals surface area contributed by atoms with Crippen molar-refractivity contribution in [3.05, 3.63) is 78.2 Å². The van der Waals surface area contributed by atoms with Gasteiger partial charge in [-0.1, -0.05) is 73.5 Å². The third-order valence-electron chi connectivity index (χ3n) is 7.82. The standard InChI is InChI=1S/C29H35N5O3/c1-32(29(36)37)24-14-8-9-15-25(24)34-20-31-26(27(34)22-12-6-3-7-13-22)28(35)33-17-16-30-19-23(33)18-21-10-4-2-5-11-21/h2-7,10-13,20,23-25,30H,8-9,14-19H2,1H3,(H,36,37)/t23-,24+,25+/m1/s1. The van der Waals surface area contributed by atoms with E-state index >= 15 is 0 Å². The number of hydrogen-bond donors (Lipinski definition) is 2. The van der Waals surface area contributed by atoms with Crippen molar-refractivity contribution in [1.29, 1.82) is 0 Å². The second kappa shape index (κ2) is 11.2. The average Bonchev–Trinajstić information content (AvgIpc) is 3.39. The number of carboxylic acid groups (broad SMARTS) is 1. The minimum atomic E-state index is -0.931. The topological polar surface area (TPSA) is 90.7 Å². The first-order valence-corrected chi connectivity index (χ1v) is 13.2. The molecule has 1 aliphatic carbocycles. The van der Waals surface area contributed by atoms with E-state index in [1.165, 1.54) is 10.5 Å². The lowest BCUT2D eigenvalue weighted by atomic mass is 9.88. The molecule has 194 valence electrons. The van der Waals surface area contributed by atoms with E-state index in [4.69, 9.17) is 4.98 Å². The first-order chi connectivity index (χ1) is 18.0. The number of amides is 2. The van der Waals surface area contributed by atoms with E-state index in [1.54, 1.807) is 13.4 Å². The molecule has 1 aliphatic heterocycles. The van der Waals surface area contributed by atoms with Crippen LogP contribution in [-0.2, 0) is 6.42 Å². The summed E-state index contributed by atoms with van der Waals surface area (Å²) < 4.78 is 2.07. The van der Waals surface area contributed by atoms with Gasteiger partial charge in [0, 0.05) is 38.3 Å². The van der Waals surface area contributed by atoms with Gasteiger partial charge in [-0.05, 0) is 24.8 Å². The molecule has 0 bridgehead atoms. The van der Waals surface area contributed by atoms with Crippen LogP contribution in [0.25, 0.3) is 11.3 Å². The lowest BCUT2D eigenvalue weighted by Gasteiger charge is -2.38. The van der Waals surface area contributed by atoms with Gasteiger partial charge in [0.1, 0.15) is 0 Å². The van der Waals surface area contributed by atoms with Gasteiger partial charge in [0.2, 0.25) is 0 Å². The van der Waals surface area contributed by atoms with Crippen LogP contribution in [0.1, 0.15) is 47.8 Å². The van der Waals surface area contributed by atoms with E-state index in [-0.39, 0.29) is 24.0 Å². The zero-order valence-electron chi connectivity index (χ0n) is 21.3. The van der Waals surface area contributed by atoms with E-state index in [0.29, 0.717) is 12.2 Å². The quantitative estimate of drug-likeness (QED) is 0.526. The second-order valence-corrected chi connectivity index (χ2v) is 10.1. The van der Waals surface area contributed by atoms with Crippen molar-refractivity contribution >= 4 is 12.0 Å². The summed E-state index contributed by atoms with van der Waals surface area (Å²) in [6.45, 7) is 2.09. The number of likely N-dealkylation sites (N-methyl/N-ethyl adjacent to an activating group) is 1. The first-order valence-electron chi connectivity index (χ1n) is 13.2. The van der Waals surface area contributed by atoms with Gasteiger partial charge in [-0.2, -0.15) is 0 Å². The second-order valence-electron chi connectivity index (χ2n) is 10.1. The molecule has 1 aromatic heterocycles. The van der Waals surface area contributed by atoms with Crippen molar-refractivity contribution in [2.45, 2.75) is 50.2 Å². The highest BCUT2D eigenvalue weighted by molar-refractivity contribution is 5.98. The number of hydrogen-bond acceptors (Lipinski definition) is 4. The number of carbonyl (C=O) groups excluding carboxylic acids is 1. The molecule has 1 saturated carbocycles. The molecule has 2 N–H and O–H groups in total. The maximum Gasteiger partial charge on any atom is 0.407 e. The summed E-state index contributed by atoms with van der Waals surface area (Å²) in [5, 5.41) is 13.2. The number of nitrogens with one attached hydrogen (secondary N) is 1. The van der Waals surface area contributed by atoms with Crippen LogP contribution in [0.5, 0.6) is 0 Å². The summed E-state index contributed by atoms with van der Waals surface area (Å²) in [5.74, 6) is -0.0704. The van der Waals surface area contributed by atoms with E-state index < -0.39 is 6.09 Å². The van der Waals surface area contributed by atoms with Crippen LogP contribution in [0.3, 0.4) is 0 Å². The molecule has 0 unspecified atom stereocenters. The fraction of sp³-hybridized carbons (Fsp3) is 0.414. The highest BCUT2D eigenvalue weighted by atomic mass is 16.4. The molecule has 3 aromatic rings. The Hall–Kier alpha value is -3.65. The van der Waals surface area contributed by atoms with Crippen molar-refractivity contribution in [3.63, 3.8) is 0 Å². The van der Waals surface area contributed by atoms with Gasteiger partial charge in [-0.25, -0.2) is 9.78 Å². The third-order valence-corrected chi connectivity index (χ3v) is 7.82. The van der Waals surface area contributed by atoms with Crippen LogP contribution in [0.15, 0.2) is 67.0 Å². The Kier molecular flexibility index (Phi) is 7.55. The van der Waals surface area contributed by atoms with Gasteiger partial charge in [-0.3, -0.25) is 4.79 Å². The average molecular weight is 502 g/mol. The third kappa shape index (κ3) is 5.25. The van der Waals surface area contributed by atoms with Crippen LogP contribution >= 0.6 is 0 Å². The smallest absolute Gasteiger partial charge is 0.407 e. The summed E-state index contributed by atoms with van der Waals surface area (Å²) in [6, 6.07) is 19.9. The molecular weight excluding hydrogens is 466 g/mol. The summed E-state index contributed by atoms with van der Waals surface area (Å²) in [5.41, 5.74) is 3.33. The molecule has 0 radical (unpaired) electrons. The maximum absolute atomic E-state index is 14.1. The monoisotopic (exact) mass is 501 g/mol. The van der Waals surface area contributed by atoms with E-state index in [2.05, 4.69) is 22.0 Å². The minimum absolute atomic E-state index is 0.0259. The van der Waals surface area contributed by atoms with Crippen molar-refractivity contribution in [2.24, 2.45) is 0 Å². The maximum atomic E-state index is 14.1. The molecular formula is C29H35N5O3. The predicted octanol–water partition coefficient (Wildman–Crippen LogP) is 4.30. The Morgan fingerprint density at radius 2 is 1.76 bits per heavy atom. The summed E-state index contributed by atoms with van der Waals surface area (Å²) >= 11 is 0. The van der Waals surface area contributed by atoms with Gasteiger partial charge in [0.05, 0.1) is 24.1 Å². The Balaban J connectivity index is 1.52. The van der Waals surface area contributed by atoms with Crippen LogP contribution in [0, 0.1) is 0 Å².